The van der Waals surface area contributed by atoms with E-state index >= 15 is 0 Å². The van der Waals surface area contributed by atoms with Crippen LogP contribution in [0, 0.1) is 11.3 Å². The molecule has 3 rings (SSSR count). The zero-order valence-corrected chi connectivity index (χ0v) is 14.2. The van der Waals surface area contributed by atoms with Crippen molar-refractivity contribution in [2.45, 2.75) is 6.18 Å². The summed E-state index contributed by atoms with van der Waals surface area (Å²) in [4.78, 5) is 20.2. The van der Waals surface area contributed by atoms with Gasteiger partial charge >= 0.3 is 6.18 Å². The fourth-order valence-electron chi connectivity index (χ4n) is 2.36. The third kappa shape index (κ3) is 4.24. The highest BCUT2D eigenvalue weighted by Gasteiger charge is 2.33. The van der Waals surface area contributed by atoms with Gasteiger partial charge in [-0.05, 0) is 24.3 Å². The number of alkyl halides is 3. The molecule has 0 fully saturated rings. The molecule has 0 saturated carbocycles. The zero-order chi connectivity index (χ0) is 20.1. The fourth-order valence-corrected chi connectivity index (χ4v) is 2.36. The van der Waals surface area contributed by atoms with Gasteiger partial charge in [0.15, 0.2) is 0 Å². The lowest BCUT2D eigenvalue weighted by molar-refractivity contribution is -0.136. The van der Waals surface area contributed by atoms with E-state index in [1.165, 1.54) is 18.3 Å². The summed E-state index contributed by atoms with van der Waals surface area (Å²) in [6.07, 6.45) is -2.22. The molecule has 0 radical (unpaired) electrons. The highest BCUT2D eigenvalue weighted by molar-refractivity contribution is 6.03. The van der Waals surface area contributed by atoms with Crippen molar-refractivity contribution in [3.05, 3.63) is 77.7 Å². The van der Waals surface area contributed by atoms with Crippen LogP contribution in [0.3, 0.4) is 0 Å². The molecule has 140 valence electrons. The van der Waals surface area contributed by atoms with Crippen molar-refractivity contribution < 1.29 is 18.0 Å². The van der Waals surface area contributed by atoms with E-state index < -0.39 is 17.6 Å². The van der Waals surface area contributed by atoms with E-state index in [4.69, 9.17) is 5.26 Å². The molecule has 0 unspecified atom stereocenters. The van der Waals surface area contributed by atoms with E-state index in [0.29, 0.717) is 11.3 Å². The van der Waals surface area contributed by atoms with Crippen molar-refractivity contribution >= 4 is 23.1 Å². The van der Waals surface area contributed by atoms with Crippen LogP contribution < -0.4 is 10.6 Å². The Labute approximate surface area is 157 Å². The Morgan fingerprint density at radius 3 is 2.29 bits per heavy atom. The smallest absolute Gasteiger partial charge is 0.338 e. The summed E-state index contributed by atoms with van der Waals surface area (Å²) >= 11 is 0. The molecule has 3 aromatic rings. The van der Waals surface area contributed by atoms with Crippen LogP contribution in [-0.2, 0) is 6.18 Å². The molecule has 0 aliphatic heterocycles. The SMILES string of the molecule is N#Cc1ccccc1Nc1cnc(C(=O)Nc2ccccc2C(F)(F)F)cn1. The largest absolute Gasteiger partial charge is 0.418 e. The number of anilines is 3. The van der Waals surface area contributed by atoms with Crippen molar-refractivity contribution in [1.29, 1.82) is 5.26 Å². The maximum Gasteiger partial charge on any atom is 0.418 e. The minimum Gasteiger partial charge on any atom is -0.338 e. The number of carbonyl (C=O) groups is 1. The van der Waals surface area contributed by atoms with Gasteiger partial charge < -0.3 is 10.6 Å². The van der Waals surface area contributed by atoms with Gasteiger partial charge in [-0.2, -0.15) is 18.4 Å². The van der Waals surface area contributed by atoms with Gasteiger partial charge in [0, 0.05) is 0 Å². The number of para-hydroxylation sites is 2. The van der Waals surface area contributed by atoms with E-state index in [0.717, 1.165) is 18.3 Å². The Morgan fingerprint density at radius 2 is 1.64 bits per heavy atom. The third-order valence-corrected chi connectivity index (χ3v) is 3.68. The van der Waals surface area contributed by atoms with Crippen LogP contribution >= 0.6 is 0 Å². The Kier molecular flexibility index (Phi) is 5.22. The number of hydrogen-bond donors (Lipinski definition) is 2. The molecular formula is C19H12F3N5O. The predicted octanol–water partition coefficient (Wildman–Crippen LogP) is 4.36. The van der Waals surface area contributed by atoms with Crippen LogP contribution in [0.1, 0.15) is 21.6 Å². The van der Waals surface area contributed by atoms with Crippen LogP contribution in [0.25, 0.3) is 0 Å². The van der Waals surface area contributed by atoms with Crippen LogP contribution in [0.15, 0.2) is 60.9 Å². The molecule has 0 saturated heterocycles. The molecule has 9 heteroatoms. The maximum absolute atomic E-state index is 13.0. The van der Waals surface area contributed by atoms with Gasteiger partial charge in [0.25, 0.3) is 5.91 Å². The van der Waals surface area contributed by atoms with E-state index in [2.05, 4.69) is 20.6 Å². The van der Waals surface area contributed by atoms with Crippen molar-refractivity contribution in [3.8, 4) is 6.07 Å². The second kappa shape index (κ2) is 7.75. The average molecular weight is 383 g/mol. The first-order valence-electron chi connectivity index (χ1n) is 7.94. The molecule has 0 aliphatic rings. The van der Waals surface area contributed by atoms with Crippen LogP contribution in [0.2, 0.25) is 0 Å². The minimum absolute atomic E-state index is 0.156. The topological polar surface area (TPSA) is 90.7 Å². The van der Waals surface area contributed by atoms with Crippen molar-refractivity contribution in [3.63, 3.8) is 0 Å². The first-order chi connectivity index (χ1) is 13.4. The van der Waals surface area contributed by atoms with Crippen LogP contribution in [0.5, 0.6) is 0 Å². The maximum atomic E-state index is 13.0. The number of nitrogens with one attached hydrogen (secondary N) is 2. The lowest BCUT2D eigenvalue weighted by Crippen LogP contribution is -2.18. The van der Waals surface area contributed by atoms with E-state index in [1.807, 2.05) is 6.07 Å². The molecular weight excluding hydrogens is 371 g/mol. The van der Waals surface area contributed by atoms with Gasteiger partial charge in [-0.15, -0.1) is 0 Å². The number of aromatic nitrogens is 2. The number of amides is 1. The Morgan fingerprint density at radius 1 is 0.964 bits per heavy atom. The summed E-state index contributed by atoms with van der Waals surface area (Å²) in [6, 6.07) is 13.4. The van der Waals surface area contributed by atoms with Crippen molar-refractivity contribution in [1.82, 2.24) is 9.97 Å². The molecule has 1 amide bonds. The quantitative estimate of drug-likeness (QED) is 0.698. The van der Waals surface area contributed by atoms with Gasteiger partial charge in [0.2, 0.25) is 0 Å². The second-order valence-electron chi connectivity index (χ2n) is 5.57. The molecule has 6 nitrogen and oxygen atoms in total. The summed E-state index contributed by atoms with van der Waals surface area (Å²) in [7, 11) is 0. The van der Waals surface area contributed by atoms with Crippen LogP contribution in [0.4, 0.5) is 30.4 Å². The minimum atomic E-state index is -4.60. The Balaban J connectivity index is 1.76. The first-order valence-corrected chi connectivity index (χ1v) is 7.94. The highest BCUT2D eigenvalue weighted by Crippen LogP contribution is 2.34. The summed E-state index contributed by atoms with van der Waals surface area (Å²) in [5.74, 6) is -0.553. The second-order valence-corrected chi connectivity index (χ2v) is 5.57. The summed E-state index contributed by atoms with van der Waals surface area (Å²) in [6.45, 7) is 0. The molecule has 0 aliphatic carbocycles. The molecule has 0 atom stereocenters. The first kappa shape index (κ1) is 18.8. The van der Waals surface area contributed by atoms with E-state index in [-0.39, 0.29) is 17.2 Å². The summed E-state index contributed by atoms with van der Waals surface area (Å²) in [5.41, 5.74) is -0.573. The summed E-state index contributed by atoms with van der Waals surface area (Å²) < 4.78 is 39.0. The van der Waals surface area contributed by atoms with Gasteiger partial charge in [0.1, 0.15) is 17.6 Å². The van der Waals surface area contributed by atoms with E-state index in [9.17, 15) is 18.0 Å². The lowest BCUT2D eigenvalue weighted by Gasteiger charge is -2.13. The standard InChI is InChI=1S/C19H12F3N5O/c20-19(21,22)13-6-2-4-8-15(13)27-18(28)16-10-25-17(11-24-16)26-14-7-3-1-5-12(14)9-23/h1-8,10-11H,(H,25,26)(H,27,28). The average Bonchev–Trinajstić information content (AvgIpc) is 2.68. The number of halogens is 3. The number of rotatable bonds is 4. The van der Waals surface area contributed by atoms with Crippen LogP contribution in [-0.4, -0.2) is 15.9 Å². The number of benzene rings is 2. The number of nitriles is 1. The number of carbonyl (C=O) groups excluding carboxylic acids is 1. The molecule has 2 N–H and O–H groups in total. The number of nitrogens with zero attached hydrogens (tertiary/aromatic N) is 3. The van der Waals surface area contributed by atoms with Gasteiger partial charge in [0.05, 0.1) is 34.9 Å². The molecule has 28 heavy (non-hydrogen) atoms. The normalized spacial score (nSPS) is 10.8. The van der Waals surface area contributed by atoms with Crippen molar-refractivity contribution in [2.75, 3.05) is 10.6 Å². The monoisotopic (exact) mass is 383 g/mol. The summed E-state index contributed by atoms with van der Waals surface area (Å²) in [5, 5.41) is 14.2. The predicted molar refractivity (Wildman–Crippen MR) is 95.9 cm³/mol. The zero-order valence-electron chi connectivity index (χ0n) is 14.2. The highest BCUT2D eigenvalue weighted by atomic mass is 19.4. The van der Waals surface area contributed by atoms with Gasteiger partial charge in [-0.25, -0.2) is 9.97 Å². The van der Waals surface area contributed by atoms with Gasteiger partial charge in [-0.3, -0.25) is 4.79 Å². The lowest BCUT2D eigenvalue weighted by atomic mass is 10.1. The van der Waals surface area contributed by atoms with E-state index in [1.54, 1.807) is 24.3 Å². The van der Waals surface area contributed by atoms with Gasteiger partial charge in [-0.1, -0.05) is 24.3 Å². The Bertz CT molecular complexity index is 1040. The molecule has 1 aromatic heterocycles. The molecule has 0 spiro atoms. The Hall–Kier alpha value is -3.93. The van der Waals surface area contributed by atoms with Crippen molar-refractivity contribution in [2.24, 2.45) is 0 Å². The fraction of sp³-hybridized carbons (Fsp3) is 0.0526. The molecule has 0 bridgehead atoms. The molecule has 2 aromatic carbocycles. The molecule has 1 heterocycles. The number of hydrogen-bond acceptors (Lipinski definition) is 5. The third-order valence-electron chi connectivity index (χ3n) is 3.68.